The van der Waals surface area contributed by atoms with Gasteiger partial charge >= 0.3 is 0 Å². The molecule has 3 heterocycles. The second kappa shape index (κ2) is 6.30. The van der Waals surface area contributed by atoms with Gasteiger partial charge in [-0.1, -0.05) is 23.5 Å². The van der Waals surface area contributed by atoms with Crippen LogP contribution in [0.25, 0.3) is 27.1 Å². The van der Waals surface area contributed by atoms with Gasteiger partial charge in [0.15, 0.2) is 5.01 Å². The third-order valence-corrected chi connectivity index (χ3v) is 5.20. The quantitative estimate of drug-likeness (QED) is 0.514. The van der Waals surface area contributed by atoms with Crippen LogP contribution in [-0.2, 0) is 0 Å². The van der Waals surface area contributed by atoms with Crippen LogP contribution in [0.3, 0.4) is 0 Å². The lowest BCUT2D eigenvalue weighted by Crippen LogP contribution is -2.11. The van der Waals surface area contributed by atoms with Crippen molar-refractivity contribution in [1.29, 1.82) is 0 Å². The molecule has 3 aromatic heterocycles. The molecule has 0 fully saturated rings. The van der Waals surface area contributed by atoms with Gasteiger partial charge in [0.2, 0.25) is 0 Å². The Morgan fingerprint density at radius 2 is 1.74 bits per heavy atom. The average Bonchev–Trinajstić information content (AvgIpc) is 3.33. The van der Waals surface area contributed by atoms with Gasteiger partial charge in [-0.15, -0.1) is 0 Å². The zero-order valence-corrected chi connectivity index (χ0v) is 14.9. The van der Waals surface area contributed by atoms with Crippen molar-refractivity contribution in [2.24, 2.45) is 0 Å². The van der Waals surface area contributed by atoms with Crippen molar-refractivity contribution in [1.82, 2.24) is 19.5 Å². The molecule has 5 aromatic rings. The van der Waals surface area contributed by atoms with Crippen LogP contribution in [0.1, 0.15) is 9.80 Å². The fraction of sp³-hybridized carbons (Fsp3) is 0. The monoisotopic (exact) mass is 371 g/mol. The second-order valence-electron chi connectivity index (χ2n) is 5.95. The van der Waals surface area contributed by atoms with E-state index in [0.717, 1.165) is 27.1 Å². The maximum Gasteiger partial charge on any atom is 0.284 e. The van der Waals surface area contributed by atoms with E-state index in [4.69, 9.17) is 0 Å². The lowest BCUT2D eigenvalue weighted by Gasteiger charge is -2.07. The molecule has 2 aromatic carbocycles. The molecule has 1 N–H and O–H groups in total. The first-order chi connectivity index (χ1) is 13.3. The minimum atomic E-state index is -0.237. The van der Waals surface area contributed by atoms with E-state index in [0.29, 0.717) is 10.7 Å². The van der Waals surface area contributed by atoms with Crippen LogP contribution < -0.4 is 5.32 Å². The maximum absolute atomic E-state index is 12.5. The number of amides is 1. The largest absolute Gasteiger partial charge is 0.320 e. The summed E-state index contributed by atoms with van der Waals surface area (Å²) in [6.07, 6.45) is 3.49. The minimum Gasteiger partial charge on any atom is -0.320 e. The number of carbonyl (C=O) groups is 1. The number of nitrogens with one attached hydrogen (secondary N) is 1. The molecule has 6 nitrogen and oxygen atoms in total. The predicted molar refractivity (Wildman–Crippen MR) is 106 cm³/mol. The van der Waals surface area contributed by atoms with Crippen LogP contribution in [0.5, 0.6) is 0 Å². The summed E-state index contributed by atoms with van der Waals surface area (Å²) in [4.78, 5) is 26.2. The Balaban J connectivity index is 1.39. The number of pyridine rings is 1. The fourth-order valence-electron chi connectivity index (χ4n) is 2.92. The molecular formula is C20H13N5OS. The van der Waals surface area contributed by atoms with Crippen LogP contribution in [0, 0.1) is 0 Å². The highest BCUT2D eigenvalue weighted by atomic mass is 32.1. The first-order valence-corrected chi connectivity index (χ1v) is 9.15. The topological polar surface area (TPSA) is 72.7 Å². The Bertz CT molecular complexity index is 1240. The van der Waals surface area contributed by atoms with E-state index < -0.39 is 0 Å². The van der Waals surface area contributed by atoms with Crippen LogP contribution in [0.2, 0.25) is 0 Å². The van der Waals surface area contributed by atoms with Gasteiger partial charge in [-0.3, -0.25) is 9.36 Å². The average molecular weight is 371 g/mol. The molecule has 130 valence electrons. The van der Waals surface area contributed by atoms with Gasteiger partial charge in [-0.05, 0) is 48.5 Å². The number of imidazole rings is 1. The number of benzene rings is 2. The summed E-state index contributed by atoms with van der Waals surface area (Å²) >= 11 is 1.28. The number of nitrogens with zero attached hydrogens (tertiary/aromatic N) is 4. The Kier molecular flexibility index (Phi) is 3.65. The summed E-state index contributed by atoms with van der Waals surface area (Å²) in [5, 5.41) is 3.28. The number of fused-ring (bicyclic) bond motifs is 2. The predicted octanol–water partition coefficient (Wildman–Crippen LogP) is 4.28. The number of aromatic nitrogens is 4. The molecule has 0 aliphatic rings. The third kappa shape index (κ3) is 2.84. The number of carbonyl (C=O) groups excluding carboxylic acids is 1. The van der Waals surface area contributed by atoms with Crippen LogP contribution in [0.15, 0.2) is 73.2 Å². The fourth-order valence-corrected chi connectivity index (χ4v) is 3.72. The molecular weight excluding hydrogens is 358 g/mol. The van der Waals surface area contributed by atoms with Crippen molar-refractivity contribution in [2.75, 3.05) is 5.32 Å². The van der Waals surface area contributed by atoms with Crippen molar-refractivity contribution in [3.63, 3.8) is 0 Å². The zero-order valence-electron chi connectivity index (χ0n) is 14.0. The molecule has 0 bridgehead atoms. The van der Waals surface area contributed by atoms with Gasteiger partial charge in [-0.25, -0.2) is 15.0 Å². The molecule has 0 atom stereocenters. The summed E-state index contributed by atoms with van der Waals surface area (Å²) in [6.45, 7) is 0. The van der Waals surface area contributed by atoms with E-state index in [1.165, 1.54) is 11.3 Å². The molecule has 0 aliphatic heterocycles. The second-order valence-corrected chi connectivity index (χ2v) is 6.93. The van der Waals surface area contributed by atoms with Crippen molar-refractivity contribution < 1.29 is 4.79 Å². The van der Waals surface area contributed by atoms with Crippen molar-refractivity contribution >= 4 is 44.3 Å². The van der Waals surface area contributed by atoms with E-state index in [1.54, 1.807) is 12.5 Å². The molecule has 27 heavy (non-hydrogen) atoms. The number of rotatable bonds is 3. The summed E-state index contributed by atoms with van der Waals surface area (Å²) in [5.41, 5.74) is 4.40. The van der Waals surface area contributed by atoms with Crippen LogP contribution >= 0.6 is 11.3 Å². The van der Waals surface area contributed by atoms with Gasteiger partial charge in [0.1, 0.15) is 16.7 Å². The van der Waals surface area contributed by atoms with E-state index in [2.05, 4.69) is 20.3 Å². The number of thiazole rings is 1. The normalized spacial score (nSPS) is 11.1. The van der Waals surface area contributed by atoms with Gasteiger partial charge < -0.3 is 5.32 Å². The molecule has 0 unspecified atom stereocenters. The summed E-state index contributed by atoms with van der Waals surface area (Å²) < 4.78 is 2.01. The van der Waals surface area contributed by atoms with Gasteiger partial charge in [0.25, 0.3) is 5.91 Å². The lowest BCUT2D eigenvalue weighted by molar-refractivity contribution is 0.102. The highest BCUT2D eigenvalue weighted by Crippen LogP contribution is 2.22. The number of hydrogen-bond donors (Lipinski definition) is 1. The van der Waals surface area contributed by atoms with Crippen molar-refractivity contribution in [2.45, 2.75) is 0 Å². The Morgan fingerprint density at radius 3 is 2.59 bits per heavy atom. The van der Waals surface area contributed by atoms with E-state index in [1.807, 2.05) is 65.2 Å². The molecule has 1 amide bonds. The molecule has 0 aliphatic carbocycles. The molecule has 0 saturated heterocycles. The standard InChI is InChI=1S/C20H13N5OS/c26-18(20-24-16-5-3-11-21-19(16)27-20)23-13-7-9-14(10-8-13)25-12-22-15-4-1-2-6-17(15)25/h1-12H,(H,23,26). The first-order valence-electron chi connectivity index (χ1n) is 8.33. The van der Waals surface area contributed by atoms with E-state index in [9.17, 15) is 4.79 Å². The molecule has 0 saturated carbocycles. The van der Waals surface area contributed by atoms with Gasteiger partial charge in [-0.2, -0.15) is 0 Å². The molecule has 5 rings (SSSR count). The van der Waals surface area contributed by atoms with Crippen molar-refractivity contribution in [3.05, 3.63) is 78.2 Å². The Labute approximate surface area is 158 Å². The van der Waals surface area contributed by atoms with Gasteiger partial charge in [0.05, 0.1) is 11.0 Å². The van der Waals surface area contributed by atoms with E-state index >= 15 is 0 Å². The van der Waals surface area contributed by atoms with Gasteiger partial charge in [0, 0.05) is 17.6 Å². The van der Waals surface area contributed by atoms with Crippen LogP contribution in [-0.4, -0.2) is 25.4 Å². The summed E-state index contributed by atoms with van der Waals surface area (Å²) in [5.74, 6) is -0.237. The molecule has 0 radical (unpaired) electrons. The van der Waals surface area contributed by atoms with Crippen molar-refractivity contribution in [3.8, 4) is 5.69 Å². The maximum atomic E-state index is 12.5. The Morgan fingerprint density at radius 1 is 0.926 bits per heavy atom. The number of hydrogen-bond acceptors (Lipinski definition) is 5. The highest BCUT2D eigenvalue weighted by molar-refractivity contribution is 7.20. The molecule has 0 spiro atoms. The first kappa shape index (κ1) is 15.7. The smallest absolute Gasteiger partial charge is 0.284 e. The van der Waals surface area contributed by atoms with E-state index in [-0.39, 0.29) is 5.91 Å². The Hall–Kier alpha value is -3.58. The zero-order chi connectivity index (χ0) is 18.2. The lowest BCUT2D eigenvalue weighted by atomic mass is 10.2. The minimum absolute atomic E-state index is 0.237. The highest BCUT2D eigenvalue weighted by Gasteiger charge is 2.13. The summed E-state index contributed by atoms with van der Waals surface area (Å²) in [6, 6.07) is 19.3. The SMILES string of the molecule is O=C(Nc1ccc(-n2cnc3ccccc32)cc1)c1nc2cccnc2s1. The number of para-hydroxylation sites is 2. The van der Waals surface area contributed by atoms with Crippen LogP contribution in [0.4, 0.5) is 5.69 Å². The number of anilines is 1. The summed E-state index contributed by atoms with van der Waals surface area (Å²) in [7, 11) is 0. The third-order valence-electron chi connectivity index (χ3n) is 4.22. The molecule has 7 heteroatoms.